The van der Waals surface area contributed by atoms with Crippen molar-refractivity contribution in [3.05, 3.63) is 12.7 Å². The summed E-state index contributed by atoms with van der Waals surface area (Å²) in [4.78, 5) is 24.1. The van der Waals surface area contributed by atoms with Crippen molar-refractivity contribution in [2.75, 3.05) is 12.3 Å². The second kappa shape index (κ2) is 6.30. The fraction of sp³-hybridized carbons (Fsp3) is 0.571. The molecule has 3 rings (SSSR count). The predicted octanol–water partition coefficient (Wildman–Crippen LogP) is -0.773. The Hall–Kier alpha value is -2.30. The van der Waals surface area contributed by atoms with Gasteiger partial charge in [0.15, 0.2) is 23.8 Å². The maximum Gasteiger partial charge on any atom is 0.308 e. The van der Waals surface area contributed by atoms with E-state index in [0.29, 0.717) is 11.2 Å². The molecule has 2 aromatic rings. The van der Waals surface area contributed by atoms with Crippen LogP contribution in [0.25, 0.3) is 11.2 Å². The van der Waals surface area contributed by atoms with Crippen LogP contribution < -0.4 is 5.73 Å². The maximum absolute atomic E-state index is 12.0. The summed E-state index contributed by atoms with van der Waals surface area (Å²) in [5.74, 6) is -0.653. The molecule has 0 aromatic carbocycles. The molecule has 1 aliphatic heterocycles. The number of hydrogen-bond acceptors (Lipinski definition) is 9. The molecule has 1 saturated heterocycles. The molecule has 0 bridgehead atoms. The largest absolute Gasteiger partial charge is 0.454 e. The van der Waals surface area contributed by atoms with Crippen LogP contribution in [0.15, 0.2) is 12.7 Å². The summed E-state index contributed by atoms with van der Waals surface area (Å²) in [5, 5.41) is 19.7. The Morgan fingerprint density at radius 3 is 2.88 bits per heavy atom. The molecule has 4 N–H and O–H groups in total. The number of imidazole rings is 1. The summed E-state index contributed by atoms with van der Waals surface area (Å²) in [6, 6.07) is 0. The monoisotopic (exact) mass is 337 g/mol. The highest BCUT2D eigenvalue weighted by Gasteiger charge is 2.47. The first kappa shape index (κ1) is 16.6. The molecule has 1 fully saturated rings. The number of ether oxygens (including phenoxy) is 2. The van der Waals surface area contributed by atoms with E-state index >= 15 is 0 Å². The molecule has 0 saturated carbocycles. The van der Waals surface area contributed by atoms with Crippen LogP contribution in [0, 0.1) is 5.92 Å². The summed E-state index contributed by atoms with van der Waals surface area (Å²) in [6.07, 6.45) is -1.27. The SMILES string of the molecule is CC(C)C(=O)O[C@@H]1[C@H](O)[C@@H](CO)O[C@H]1n1cnc2c(N)ncnc21. The van der Waals surface area contributed by atoms with Gasteiger partial charge in [0.2, 0.25) is 0 Å². The van der Waals surface area contributed by atoms with Gasteiger partial charge in [0.25, 0.3) is 0 Å². The van der Waals surface area contributed by atoms with Crippen LogP contribution >= 0.6 is 0 Å². The number of esters is 1. The highest BCUT2D eigenvalue weighted by atomic mass is 16.6. The number of nitrogen functional groups attached to an aromatic ring is 1. The first-order valence-electron chi connectivity index (χ1n) is 7.52. The minimum Gasteiger partial charge on any atom is -0.454 e. The Morgan fingerprint density at radius 1 is 1.46 bits per heavy atom. The number of aromatic nitrogens is 4. The van der Waals surface area contributed by atoms with Crippen molar-refractivity contribution in [3.63, 3.8) is 0 Å². The van der Waals surface area contributed by atoms with Crippen LogP contribution in [0.3, 0.4) is 0 Å². The lowest BCUT2D eigenvalue weighted by Crippen LogP contribution is -2.37. The molecule has 0 spiro atoms. The van der Waals surface area contributed by atoms with E-state index < -0.39 is 37.1 Å². The van der Waals surface area contributed by atoms with E-state index in [9.17, 15) is 15.0 Å². The quantitative estimate of drug-likeness (QED) is 0.612. The van der Waals surface area contributed by atoms with E-state index in [0.717, 1.165) is 0 Å². The van der Waals surface area contributed by atoms with E-state index in [1.807, 2.05) is 0 Å². The van der Waals surface area contributed by atoms with E-state index in [1.54, 1.807) is 13.8 Å². The third-order valence-corrected chi connectivity index (χ3v) is 3.88. The molecular formula is C14H19N5O5. The van der Waals surface area contributed by atoms with Crippen molar-refractivity contribution in [2.24, 2.45) is 5.92 Å². The number of anilines is 1. The fourth-order valence-corrected chi connectivity index (χ4v) is 2.55. The lowest BCUT2D eigenvalue weighted by molar-refractivity contribution is -0.162. The molecule has 2 aromatic heterocycles. The fourth-order valence-electron chi connectivity index (χ4n) is 2.55. The van der Waals surface area contributed by atoms with Gasteiger partial charge >= 0.3 is 5.97 Å². The summed E-state index contributed by atoms with van der Waals surface area (Å²) in [6.45, 7) is 2.95. The van der Waals surface area contributed by atoms with E-state index in [4.69, 9.17) is 15.2 Å². The molecule has 1 aliphatic rings. The predicted molar refractivity (Wildman–Crippen MR) is 81.5 cm³/mol. The Labute approximate surface area is 137 Å². The van der Waals surface area contributed by atoms with Gasteiger partial charge in [-0.25, -0.2) is 15.0 Å². The molecule has 0 unspecified atom stereocenters. The highest BCUT2D eigenvalue weighted by molar-refractivity contribution is 5.81. The molecule has 10 nitrogen and oxygen atoms in total. The number of nitrogens with zero attached hydrogens (tertiary/aromatic N) is 4. The lowest BCUT2D eigenvalue weighted by Gasteiger charge is -2.22. The zero-order valence-electron chi connectivity index (χ0n) is 13.2. The van der Waals surface area contributed by atoms with Crippen LogP contribution in [0.4, 0.5) is 5.82 Å². The number of fused-ring (bicyclic) bond motifs is 1. The molecule has 10 heteroatoms. The minimum atomic E-state index is -1.18. The molecular weight excluding hydrogens is 318 g/mol. The topological polar surface area (TPSA) is 146 Å². The standard InChI is InChI=1S/C14H19N5O5/c1-6(2)14(22)24-10-9(21)7(3-20)23-13(10)19-5-18-8-11(15)16-4-17-12(8)19/h4-7,9-10,13,20-21H,3H2,1-2H3,(H2,15,16,17)/t7-,9-,10-,13-/m1/s1. The van der Waals surface area contributed by atoms with Crippen LogP contribution in [0.2, 0.25) is 0 Å². The molecule has 4 atom stereocenters. The summed E-state index contributed by atoms with van der Waals surface area (Å²) >= 11 is 0. The number of rotatable bonds is 4. The zero-order chi connectivity index (χ0) is 17.4. The molecule has 0 amide bonds. The summed E-state index contributed by atoms with van der Waals surface area (Å²) < 4.78 is 12.5. The summed E-state index contributed by atoms with van der Waals surface area (Å²) in [5.41, 5.74) is 6.51. The van der Waals surface area contributed by atoms with Crippen molar-refractivity contribution >= 4 is 23.0 Å². The highest BCUT2D eigenvalue weighted by Crippen LogP contribution is 2.34. The van der Waals surface area contributed by atoms with Gasteiger partial charge in [-0.15, -0.1) is 0 Å². The Morgan fingerprint density at radius 2 is 2.21 bits per heavy atom. The minimum absolute atomic E-state index is 0.201. The molecule has 130 valence electrons. The van der Waals surface area contributed by atoms with E-state index in [1.165, 1.54) is 17.2 Å². The Bertz CT molecular complexity index is 748. The van der Waals surface area contributed by atoms with Crippen LogP contribution in [0.1, 0.15) is 20.1 Å². The van der Waals surface area contributed by atoms with Gasteiger partial charge in [-0.05, 0) is 0 Å². The summed E-state index contributed by atoms with van der Waals surface area (Å²) in [7, 11) is 0. The van der Waals surface area contributed by atoms with Gasteiger partial charge in [-0.1, -0.05) is 13.8 Å². The van der Waals surface area contributed by atoms with Gasteiger partial charge in [-0.2, -0.15) is 0 Å². The van der Waals surface area contributed by atoms with Gasteiger partial charge < -0.3 is 25.4 Å². The van der Waals surface area contributed by atoms with Gasteiger partial charge in [0, 0.05) is 0 Å². The maximum atomic E-state index is 12.0. The number of nitrogens with two attached hydrogens (primary N) is 1. The Balaban J connectivity index is 1.99. The van der Waals surface area contributed by atoms with Crippen molar-refractivity contribution < 1.29 is 24.5 Å². The number of hydrogen-bond donors (Lipinski definition) is 3. The smallest absolute Gasteiger partial charge is 0.308 e. The normalized spacial score (nSPS) is 27.0. The average molecular weight is 337 g/mol. The second-order valence-electron chi connectivity index (χ2n) is 5.88. The van der Waals surface area contributed by atoms with Crippen LogP contribution in [-0.2, 0) is 14.3 Å². The lowest BCUT2D eigenvalue weighted by atomic mass is 10.1. The van der Waals surface area contributed by atoms with Crippen LogP contribution in [-0.4, -0.2) is 60.6 Å². The molecule has 3 heterocycles. The average Bonchev–Trinajstić information content (AvgIpc) is 3.10. The number of carbonyl (C=O) groups is 1. The molecule has 24 heavy (non-hydrogen) atoms. The van der Waals surface area contributed by atoms with Crippen molar-refractivity contribution in [3.8, 4) is 0 Å². The van der Waals surface area contributed by atoms with Crippen molar-refractivity contribution in [1.29, 1.82) is 0 Å². The second-order valence-corrected chi connectivity index (χ2v) is 5.88. The number of carbonyl (C=O) groups excluding carboxylic acids is 1. The van der Waals surface area contributed by atoms with Gasteiger partial charge in [0.05, 0.1) is 18.9 Å². The molecule has 0 radical (unpaired) electrons. The van der Waals surface area contributed by atoms with Gasteiger partial charge in [-0.3, -0.25) is 9.36 Å². The third-order valence-electron chi connectivity index (χ3n) is 3.88. The number of aliphatic hydroxyl groups is 2. The first-order chi connectivity index (χ1) is 11.4. The first-order valence-corrected chi connectivity index (χ1v) is 7.52. The van der Waals surface area contributed by atoms with E-state index in [2.05, 4.69) is 15.0 Å². The van der Waals surface area contributed by atoms with Crippen LogP contribution in [0.5, 0.6) is 0 Å². The molecule has 0 aliphatic carbocycles. The van der Waals surface area contributed by atoms with E-state index in [-0.39, 0.29) is 11.7 Å². The van der Waals surface area contributed by atoms with Crippen molar-refractivity contribution in [1.82, 2.24) is 19.5 Å². The van der Waals surface area contributed by atoms with Crippen molar-refractivity contribution in [2.45, 2.75) is 38.4 Å². The third kappa shape index (κ3) is 2.68. The van der Waals surface area contributed by atoms with Gasteiger partial charge in [0.1, 0.15) is 24.1 Å². The number of aliphatic hydroxyl groups excluding tert-OH is 2. The Kier molecular flexibility index (Phi) is 4.35. The zero-order valence-corrected chi connectivity index (χ0v) is 13.2.